The Morgan fingerprint density at radius 1 is 1.08 bits per heavy atom. The number of hydrogen-bond acceptors (Lipinski definition) is 5. The molecule has 0 unspecified atom stereocenters. The Morgan fingerprint density at radius 3 is 2.47 bits per heavy atom. The summed E-state index contributed by atoms with van der Waals surface area (Å²) in [6.07, 6.45) is 4.05. The number of rotatable bonds is 6. The van der Waals surface area contributed by atoms with Crippen molar-refractivity contribution >= 4 is 11.8 Å². The zero-order chi connectivity index (χ0) is 26.3. The number of alkyl halides is 3. The van der Waals surface area contributed by atoms with E-state index in [-0.39, 0.29) is 30.5 Å². The molecule has 4 aliphatic rings. The molecule has 0 aromatic rings. The quantitative estimate of drug-likeness (QED) is 0.274. The van der Waals surface area contributed by atoms with Crippen LogP contribution < -0.4 is 5.32 Å². The highest BCUT2D eigenvalue weighted by molar-refractivity contribution is 5.85. The first-order valence-electron chi connectivity index (χ1n) is 13.8. The summed E-state index contributed by atoms with van der Waals surface area (Å²) in [4.78, 5) is 18.2. The molecular weight excluding hydrogens is 471 g/mol. The van der Waals surface area contributed by atoms with Gasteiger partial charge in [-0.25, -0.2) is 4.79 Å². The molecule has 0 aromatic carbocycles. The van der Waals surface area contributed by atoms with Gasteiger partial charge in [-0.15, -0.1) is 0 Å². The van der Waals surface area contributed by atoms with Crippen molar-refractivity contribution in [3.8, 4) is 0 Å². The van der Waals surface area contributed by atoms with Gasteiger partial charge in [0, 0.05) is 19.0 Å². The van der Waals surface area contributed by atoms with Crippen LogP contribution in [0.1, 0.15) is 78.6 Å². The van der Waals surface area contributed by atoms with Gasteiger partial charge in [-0.2, -0.15) is 13.2 Å². The summed E-state index contributed by atoms with van der Waals surface area (Å²) in [5, 5.41) is 17.1. The Kier molecular flexibility index (Phi) is 8.02. The molecule has 8 atom stereocenters. The van der Waals surface area contributed by atoms with Gasteiger partial charge in [-0.3, -0.25) is 9.74 Å². The topological polar surface area (TPSA) is 74.2 Å². The van der Waals surface area contributed by atoms with Crippen LogP contribution in [0.15, 0.2) is 5.16 Å². The molecule has 0 aliphatic heterocycles. The van der Waals surface area contributed by atoms with Crippen molar-refractivity contribution < 1.29 is 27.9 Å². The summed E-state index contributed by atoms with van der Waals surface area (Å²) in [6, 6.07) is 0. The minimum Gasteiger partial charge on any atom is -0.393 e. The summed E-state index contributed by atoms with van der Waals surface area (Å²) in [5.74, 6) is 2.74. The molecule has 2 N–H and O–H groups in total. The second-order valence-corrected chi connectivity index (χ2v) is 12.5. The van der Waals surface area contributed by atoms with Crippen LogP contribution in [0, 0.1) is 40.4 Å². The molecule has 36 heavy (non-hydrogen) atoms. The molecule has 0 heterocycles. The van der Waals surface area contributed by atoms with Crippen LogP contribution in [-0.2, 0) is 4.84 Å². The van der Waals surface area contributed by atoms with Crippen LogP contribution in [0.3, 0.4) is 0 Å². The summed E-state index contributed by atoms with van der Waals surface area (Å²) >= 11 is 0. The molecule has 1 amide bonds. The highest BCUT2D eigenvalue weighted by atomic mass is 19.4. The van der Waals surface area contributed by atoms with Crippen molar-refractivity contribution in [2.45, 2.75) is 90.8 Å². The molecule has 6 nitrogen and oxygen atoms in total. The van der Waals surface area contributed by atoms with E-state index in [2.05, 4.69) is 24.3 Å². The fourth-order valence-corrected chi connectivity index (χ4v) is 8.85. The summed E-state index contributed by atoms with van der Waals surface area (Å²) in [7, 11) is 1.62. The second kappa shape index (κ2) is 10.4. The Morgan fingerprint density at radius 2 is 1.78 bits per heavy atom. The van der Waals surface area contributed by atoms with Gasteiger partial charge in [-0.1, -0.05) is 19.0 Å². The zero-order valence-electron chi connectivity index (χ0n) is 22.2. The third-order valence-corrected chi connectivity index (χ3v) is 10.7. The van der Waals surface area contributed by atoms with E-state index in [0.717, 1.165) is 38.5 Å². The Hall–Kier alpha value is -1.35. The molecule has 4 saturated carbocycles. The first kappa shape index (κ1) is 27.7. The standard InChI is InChI=1S/C27H44F3N3O3/c1-17(32-36-24(35)33(14-13-31-4)16-27(28,29)30)21-7-8-22-20-6-5-18-15-19(34)9-11-25(18,2)23(20)10-12-26(21,22)3/h18-23,31,34H,5-16H2,1-4H3/b32-17+/t18-,19-,20-,21+,22-,23-,25-,26+/m0/s1. The number of amides is 1. The van der Waals surface area contributed by atoms with Gasteiger partial charge >= 0.3 is 12.3 Å². The maximum Gasteiger partial charge on any atom is 0.436 e. The molecule has 0 radical (unpaired) electrons. The number of oxime groups is 1. The molecule has 0 spiro atoms. The first-order chi connectivity index (χ1) is 16.9. The molecule has 206 valence electrons. The first-order valence-corrected chi connectivity index (χ1v) is 13.8. The van der Waals surface area contributed by atoms with Gasteiger partial charge in [0.15, 0.2) is 0 Å². The van der Waals surface area contributed by atoms with Crippen molar-refractivity contribution in [3.63, 3.8) is 0 Å². The largest absolute Gasteiger partial charge is 0.436 e. The number of aliphatic hydroxyl groups excluding tert-OH is 1. The number of halogens is 3. The third-order valence-electron chi connectivity index (χ3n) is 10.7. The van der Waals surface area contributed by atoms with Gasteiger partial charge in [0.25, 0.3) is 0 Å². The molecule has 4 aliphatic carbocycles. The predicted molar refractivity (Wildman–Crippen MR) is 132 cm³/mol. The van der Waals surface area contributed by atoms with E-state index in [9.17, 15) is 23.1 Å². The normalized spacial score (nSPS) is 40.7. The lowest BCUT2D eigenvalue weighted by molar-refractivity contribution is -0.142. The summed E-state index contributed by atoms with van der Waals surface area (Å²) < 4.78 is 38.8. The number of nitrogens with zero attached hydrogens (tertiary/aromatic N) is 2. The molecule has 0 saturated heterocycles. The molecule has 4 fully saturated rings. The van der Waals surface area contributed by atoms with Crippen molar-refractivity contribution in [2.24, 2.45) is 45.6 Å². The fraction of sp³-hybridized carbons (Fsp3) is 0.926. The van der Waals surface area contributed by atoms with Crippen molar-refractivity contribution in [1.82, 2.24) is 10.2 Å². The SMILES string of the molecule is CNCCN(CC(F)(F)F)C(=O)O/N=C(\C)[C@H]1CC[C@H]2[C@@H]3CC[C@H]4C[C@@H](O)CC[C@]4(C)[C@H]3CC[C@]12C. The van der Waals surface area contributed by atoms with Gasteiger partial charge < -0.3 is 10.4 Å². The van der Waals surface area contributed by atoms with Gasteiger partial charge in [-0.05, 0) is 106 Å². The summed E-state index contributed by atoms with van der Waals surface area (Å²) in [5.41, 5.74) is 1.10. The van der Waals surface area contributed by atoms with Crippen LogP contribution in [0.2, 0.25) is 0 Å². The highest BCUT2D eigenvalue weighted by Gasteiger charge is 2.60. The van der Waals surface area contributed by atoms with Crippen molar-refractivity contribution in [3.05, 3.63) is 0 Å². The van der Waals surface area contributed by atoms with Crippen molar-refractivity contribution in [1.29, 1.82) is 0 Å². The molecule has 0 aromatic heterocycles. The fourth-order valence-electron chi connectivity index (χ4n) is 8.85. The maximum atomic E-state index is 12.9. The van der Waals surface area contributed by atoms with Gasteiger partial charge in [0.05, 0.1) is 11.8 Å². The number of carbonyl (C=O) groups is 1. The number of nitrogens with one attached hydrogen (secondary N) is 1. The Labute approximate surface area is 213 Å². The zero-order valence-corrected chi connectivity index (χ0v) is 22.2. The number of carbonyl (C=O) groups excluding carboxylic acids is 1. The lowest BCUT2D eigenvalue weighted by Gasteiger charge is -2.61. The van der Waals surface area contributed by atoms with Gasteiger partial charge in [0.1, 0.15) is 6.54 Å². The van der Waals surface area contributed by atoms with E-state index in [4.69, 9.17) is 4.84 Å². The average Bonchev–Trinajstić information content (AvgIpc) is 3.17. The van der Waals surface area contributed by atoms with Crippen LogP contribution in [0.5, 0.6) is 0 Å². The molecular formula is C27H44F3N3O3. The molecule has 9 heteroatoms. The number of likely N-dealkylation sites (N-methyl/N-ethyl adjacent to an activating group) is 1. The van der Waals surface area contributed by atoms with Gasteiger partial charge in [0.2, 0.25) is 0 Å². The van der Waals surface area contributed by atoms with Crippen molar-refractivity contribution in [2.75, 3.05) is 26.7 Å². The monoisotopic (exact) mass is 515 g/mol. The average molecular weight is 516 g/mol. The van der Waals surface area contributed by atoms with Crippen LogP contribution in [0.25, 0.3) is 0 Å². The highest BCUT2D eigenvalue weighted by Crippen LogP contribution is 2.67. The lowest BCUT2D eigenvalue weighted by Crippen LogP contribution is -2.54. The Bertz CT molecular complexity index is 837. The smallest absolute Gasteiger partial charge is 0.393 e. The molecule has 0 bridgehead atoms. The Balaban J connectivity index is 1.44. The number of fused-ring (bicyclic) bond motifs is 5. The summed E-state index contributed by atoms with van der Waals surface area (Å²) in [6.45, 7) is 5.46. The van der Waals surface area contributed by atoms with E-state index in [1.807, 2.05) is 6.92 Å². The second-order valence-electron chi connectivity index (χ2n) is 12.5. The van der Waals surface area contributed by atoms with Crippen LogP contribution in [0.4, 0.5) is 18.0 Å². The third kappa shape index (κ3) is 5.29. The van der Waals surface area contributed by atoms with Crippen LogP contribution in [-0.4, -0.2) is 60.8 Å². The van der Waals surface area contributed by atoms with E-state index in [1.54, 1.807) is 7.05 Å². The predicted octanol–water partition coefficient (Wildman–Crippen LogP) is 5.60. The maximum absolute atomic E-state index is 12.9. The minimum atomic E-state index is -4.50. The van der Waals surface area contributed by atoms with E-state index in [0.29, 0.717) is 39.7 Å². The lowest BCUT2D eigenvalue weighted by atomic mass is 9.44. The van der Waals surface area contributed by atoms with E-state index >= 15 is 0 Å². The molecule has 4 rings (SSSR count). The number of hydrogen-bond donors (Lipinski definition) is 2. The number of aliphatic hydroxyl groups is 1. The van der Waals surface area contributed by atoms with E-state index < -0.39 is 18.8 Å². The van der Waals surface area contributed by atoms with Crippen LogP contribution >= 0.6 is 0 Å². The van der Waals surface area contributed by atoms with E-state index in [1.165, 1.54) is 19.3 Å². The minimum absolute atomic E-state index is 0.0658.